The van der Waals surface area contributed by atoms with Crippen molar-refractivity contribution in [1.29, 1.82) is 0 Å². The number of aryl methyl sites for hydroxylation is 1. The molecule has 0 fully saturated rings. The fourth-order valence-corrected chi connectivity index (χ4v) is 4.49. The Labute approximate surface area is 184 Å². The Hall–Kier alpha value is -2.61. The van der Waals surface area contributed by atoms with E-state index in [1.54, 1.807) is 17.9 Å². The van der Waals surface area contributed by atoms with Gasteiger partial charge in [-0.1, -0.05) is 18.2 Å². The quantitative estimate of drug-likeness (QED) is 0.465. The molecule has 4 aromatic rings. The number of hydrogen-bond donors (Lipinski definition) is 1. The summed E-state index contributed by atoms with van der Waals surface area (Å²) in [6.07, 6.45) is 1.63. The molecular weight excluding hydrogens is 410 g/mol. The first-order chi connectivity index (χ1) is 14.6. The summed E-state index contributed by atoms with van der Waals surface area (Å²) in [5, 5.41) is 1.50. The van der Waals surface area contributed by atoms with E-state index in [4.69, 9.17) is 9.40 Å². The van der Waals surface area contributed by atoms with Gasteiger partial charge in [-0.15, -0.1) is 4.72 Å². The molecule has 2 heterocycles. The van der Waals surface area contributed by atoms with Gasteiger partial charge in [-0.3, -0.25) is 9.36 Å². The van der Waals surface area contributed by atoms with E-state index in [-0.39, 0.29) is 11.6 Å². The molecule has 0 amide bonds. The average Bonchev–Trinajstić information content (AvgIpc) is 3.18. The van der Waals surface area contributed by atoms with Crippen LogP contribution < -0.4 is 10.3 Å². The number of fused-ring (bicyclic) bond motifs is 2. The third-order valence-electron chi connectivity index (χ3n) is 5.38. The zero-order valence-corrected chi connectivity index (χ0v) is 19.5. The van der Waals surface area contributed by atoms with Gasteiger partial charge in [0, 0.05) is 29.4 Å². The third-order valence-corrected chi connectivity index (χ3v) is 7.06. The normalized spacial score (nSPS) is 14.3. The second-order valence-electron chi connectivity index (χ2n) is 8.92. The first-order valence-corrected chi connectivity index (χ1v) is 11.4. The van der Waals surface area contributed by atoms with E-state index in [2.05, 4.69) is 4.72 Å². The molecule has 6 nitrogen and oxygen atoms in total. The molecule has 0 saturated carbocycles. The Bertz CT molecular complexity index is 1330. The zero-order valence-electron chi connectivity index (χ0n) is 18.6. The molecule has 0 bridgehead atoms. The largest absolute Gasteiger partial charge is 0.598 e. The van der Waals surface area contributed by atoms with E-state index < -0.39 is 16.1 Å². The minimum Gasteiger partial charge on any atom is -0.598 e. The van der Waals surface area contributed by atoms with Crippen LogP contribution >= 0.6 is 0 Å². The average molecular weight is 438 g/mol. The highest BCUT2D eigenvalue weighted by atomic mass is 32.2. The van der Waals surface area contributed by atoms with Gasteiger partial charge < -0.3 is 8.97 Å². The molecular formula is C24H27N3O3S. The molecule has 2 aromatic carbocycles. The van der Waals surface area contributed by atoms with Crippen molar-refractivity contribution >= 4 is 33.2 Å². The van der Waals surface area contributed by atoms with E-state index in [1.807, 2.05) is 71.0 Å². The maximum absolute atomic E-state index is 13.3. The Morgan fingerprint density at radius 2 is 1.97 bits per heavy atom. The lowest BCUT2D eigenvalue weighted by molar-refractivity contribution is 0.531. The summed E-state index contributed by atoms with van der Waals surface area (Å²) >= 11 is -1.26. The number of furan rings is 1. The van der Waals surface area contributed by atoms with Gasteiger partial charge >= 0.3 is 0 Å². The van der Waals surface area contributed by atoms with Gasteiger partial charge in [0.05, 0.1) is 28.8 Å². The van der Waals surface area contributed by atoms with Crippen molar-refractivity contribution in [3.05, 3.63) is 64.1 Å². The van der Waals surface area contributed by atoms with E-state index in [0.29, 0.717) is 22.3 Å². The SMILES string of the molecule is Cc1cc(C(C)N[S@+]([O-])C(C)(C)C)c2nc(-c3cccc4ccoc34)n(C)c(=O)c2c1. The molecule has 1 unspecified atom stereocenters. The van der Waals surface area contributed by atoms with Gasteiger partial charge in [-0.25, -0.2) is 4.98 Å². The number of nitrogens with zero attached hydrogens (tertiary/aromatic N) is 2. The highest BCUT2D eigenvalue weighted by Crippen LogP contribution is 2.31. The van der Waals surface area contributed by atoms with Crippen LogP contribution in [0.5, 0.6) is 0 Å². The predicted molar refractivity (Wildman–Crippen MR) is 126 cm³/mol. The summed E-state index contributed by atoms with van der Waals surface area (Å²) in [6, 6.07) is 11.3. The van der Waals surface area contributed by atoms with Gasteiger partial charge in [-0.2, -0.15) is 0 Å². The molecule has 31 heavy (non-hydrogen) atoms. The summed E-state index contributed by atoms with van der Waals surface area (Å²) in [6.45, 7) is 9.67. The van der Waals surface area contributed by atoms with E-state index in [1.165, 1.54) is 0 Å². The smallest absolute Gasteiger partial charge is 0.261 e. The molecule has 0 aliphatic rings. The first kappa shape index (κ1) is 21.6. The number of hydrogen-bond acceptors (Lipinski definition) is 5. The maximum atomic E-state index is 13.3. The summed E-state index contributed by atoms with van der Waals surface area (Å²) in [5.41, 5.74) is 3.74. The Morgan fingerprint density at radius 3 is 2.68 bits per heavy atom. The Morgan fingerprint density at radius 1 is 1.23 bits per heavy atom. The fraction of sp³-hybridized carbons (Fsp3) is 0.333. The van der Waals surface area contributed by atoms with Crippen molar-refractivity contribution in [3.63, 3.8) is 0 Å². The lowest BCUT2D eigenvalue weighted by atomic mass is 10.0. The van der Waals surface area contributed by atoms with Gasteiger partial charge in [0.15, 0.2) is 0 Å². The first-order valence-electron chi connectivity index (χ1n) is 10.2. The number of rotatable bonds is 4. The fourth-order valence-electron chi connectivity index (χ4n) is 3.69. The van der Waals surface area contributed by atoms with Crippen molar-refractivity contribution in [2.75, 3.05) is 0 Å². The summed E-state index contributed by atoms with van der Waals surface area (Å²) in [4.78, 5) is 18.2. The van der Waals surface area contributed by atoms with Crippen LogP contribution in [-0.2, 0) is 18.4 Å². The molecule has 0 saturated heterocycles. The van der Waals surface area contributed by atoms with Crippen LogP contribution in [0, 0.1) is 6.92 Å². The van der Waals surface area contributed by atoms with E-state index in [9.17, 15) is 9.35 Å². The highest BCUT2D eigenvalue weighted by Gasteiger charge is 2.29. The minimum atomic E-state index is -1.26. The second kappa shape index (κ2) is 7.82. The number of aromatic nitrogens is 2. The van der Waals surface area contributed by atoms with Crippen LogP contribution in [0.3, 0.4) is 0 Å². The van der Waals surface area contributed by atoms with Crippen molar-refractivity contribution in [3.8, 4) is 11.4 Å². The molecule has 4 rings (SSSR count). The number of para-hydroxylation sites is 1. The third kappa shape index (κ3) is 3.89. The molecule has 0 aliphatic heterocycles. The van der Waals surface area contributed by atoms with Gasteiger partial charge in [0.1, 0.15) is 16.2 Å². The van der Waals surface area contributed by atoms with Crippen molar-refractivity contribution in [1.82, 2.24) is 14.3 Å². The molecule has 2 aromatic heterocycles. The van der Waals surface area contributed by atoms with Crippen molar-refractivity contribution in [2.24, 2.45) is 7.05 Å². The van der Waals surface area contributed by atoms with Crippen LogP contribution in [0.4, 0.5) is 0 Å². The number of nitrogens with one attached hydrogen (secondary N) is 1. The van der Waals surface area contributed by atoms with Gasteiger partial charge in [0.25, 0.3) is 5.56 Å². The van der Waals surface area contributed by atoms with Crippen molar-refractivity contribution < 1.29 is 8.97 Å². The van der Waals surface area contributed by atoms with E-state index in [0.717, 1.165) is 22.1 Å². The lowest BCUT2D eigenvalue weighted by Crippen LogP contribution is -2.40. The maximum Gasteiger partial charge on any atom is 0.261 e. The monoisotopic (exact) mass is 437 g/mol. The molecule has 1 N–H and O–H groups in total. The molecule has 0 radical (unpaired) electrons. The van der Waals surface area contributed by atoms with Crippen LogP contribution in [0.2, 0.25) is 0 Å². The highest BCUT2D eigenvalue weighted by molar-refractivity contribution is 7.90. The minimum absolute atomic E-state index is 0.127. The van der Waals surface area contributed by atoms with E-state index >= 15 is 0 Å². The molecule has 0 spiro atoms. The number of benzene rings is 2. The molecule has 7 heteroatoms. The second-order valence-corrected chi connectivity index (χ2v) is 10.9. The van der Waals surface area contributed by atoms with Crippen LogP contribution in [0.1, 0.15) is 44.9 Å². The summed E-state index contributed by atoms with van der Waals surface area (Å²) in [5.74, 6) is 0.535. The lowest BCUT2D eigenvalue weighted by Gasteiger charge is -2.27. The standard InChI is InChI=1S/C24H27N3O3S/c1-14-12-18(15(2)26-31(29)24(3,4)5)20-19(13-14)23(28)27(6)22(25-20)17-9-7-8-16-10-11-30-21(16)17/h7-13,15,26H,1-6H3/t15?,31-/m1/s1. The Kier molecular flexibility index (Phi) is 5.45. The predicted octanol–water partition coefficient (Wildman–Crippen LogP) is 4.77. The summed E-state index contributed by atoms with van der Waals surface area (Å²) < 4.78 is 22.7. The van der Waals surface area contributed by atoms with Crippen LogP contribution in [-0.4, -0.2) is 18.9 Å². The summed E-state index contributed by atoms with van der Waals surface area (Å²) in [7, 11) is 1.73. The Balaban J connectivity index is 1.95. The molecule has 0 aliphatic carbocycles. The topological polar surface area (TPSA) is 83.1 Å². The van der Waals surface area contributed by atoms with Crippen LogP contribution in [0.15, 0.2) is 51.9 Å². The molecule has 162 valence electrons. The zero-order chi connectivity index (χ0) is 22.5. The van der Waals surface area contributed by atoms with Crippen LogP contribution in [0.25, 0.3) is 33.3 Å². The van der Waals surface area contributed by atoms with Gasteiger partial charge in [0.2, 0.25) is 0 Å². The molecule has 2 atom stereocenters. The van der Waals surface area contributed by atoms with Gasteiger partial charge in [-0.05, 0) is 58.4 Å². The van der Waals surface area contributed by atoms with Crippen molar-refractivity contribution in [2.45, 2.75) is 45.4 Å².